The molecule has 2 atom stereocenters. The predicted octanol–water partition coefficient (Wildman–Crippen LogP) is 1.87. The van der Waals surface area contributed by atoms with Crippen molar-refractivity contribution < 1.29 is 9.90 Å². The van der Waals surface area contributed by atoms with Crippen LogP contribution in [0.5, 0.6) is 0 Å². The molecule has 0 saturated carbocycles. The van der Waals surface area contributed by atoms with Crippen LogP contribution in [0.3, 0.4) is 0 Å². The van der Waals surface area contributed by atoms with Crippen molar-refractivity contribution in [2.24, 2.45) is 11.8 Å². The highest BCUT2D eigenvalue weighted by Gasteiger charge is 2.30. The lowest BCUT2D eigenvalue weighted by Crippen LogP contribution is -2.46. The molecule has 0 bridgehead atoms. The van der Waals surface area contributed by atoms with Crippen molar-refractivity contribution in [2.75, 3.05) is 19.0 Å². The van der Waals surface area contributed by atoms with Crippen LogP contribution in [0.25, 0.3) is 0 Å². The van der Waals surface area contributed by atoms with Crippen LogP contribution in [0.15, 0.2) is 0 Å². The average Bonchev–Trinajstić information content (AvgIpc) is 2.21. The molecule has 1 aliphatic rings. The highest BCUT2D eigenvalue weighted by molar-refractivity contribution is 6.18. The van der Waals surface area contributed by atoms with Gasteiger partial charge < -0.3 is 10.0 Å². The summed E-state index contributed by atoms with van der Waals surface area (Å²) < 4.78 is 0. The van der Waals surface area contributed by atoms with Crippen LogP contribution in [0.2, 0.25) is 0 Å². The molecule has 1 N–H and O–H groups in total. The zero-order chi connectivity index (χ0) is 12.1. The Hall–Kier alpha value is -0.280. The quantitative estimate of drug-likeness (QED) is 0.771. The zero-order valence-corrected chi connectivity index (χ0v) is 10.9. The van der Waals surface area contributed by atoms with Gasteiger partial charge in [-0.25, -0.2) is 0 Å². The van der Waals surface area contributed by atoms with Crippen molar-refractivity contribution in [3.05, 3.63) is 0 Å². The molecule has 0 aromatic heterocycles. The number of aliphatic hydroxyl groups excluding tert-OH is 1. The highest BCUT2D eigenvalue weighted by atomic mass is 35.5. The Morgan fingerprint density at radius 2 is 2.25 bits per heavy atom. The van der Waals surface area contributed by atoms with Crippen LogP contribution in [-0.2, 0) is 4.79 Å². The summed E-state index contributed by atoms with van der Waals surface area (Å²) in [6.07, 6.45) is 1.84. The van der Waals surface area contributed by atoms with E-state index in [0.29, 0.717) is 37.7 Å². The topological polar surface area (TPSA) is 40.5 Å². The number of likely N-dealkylation sites (tertiary alicyclic amines) is 1. The summed E-state index contributed by atoms with van der Waals surface area (Å²) in [5.74, 6) is 1.29. The second-order valence-electron chi connectivity index (χ2n) is 5.02. The summed E-state index contributed by atoms with van der Waals surface area (Å²) in [6, 6.07) is 0. The molecule has 0 spiro atoms. The fourth-order valence-electron chi connectivity index (χ4n) is 2.32. The number of alkyl halides is 1. The smallest absolute Gasteiger partial charge is 0.223 e. The second kappa shape index (κ2) is 6.45. The molecule has 0 aliphatic carbocycles. The molecule has 1 saturated heterocycles. The Bertz CT molecular complexity index is 233. The molecule has 0 aromatic carbocycles. The van der Waals surface area contributed by atoms with Crippen LogP contribution in [0.1, 0.15) is 33.1 Å². The molecule has 4 heteroatoms. The number of aliphatic hydroxyl groups is 1. The number of piperidine rings is 1. The van der Waals surface area contributed by atoms with Gasteiger partial charge in [0.15, 0.2) is 0 Å². The van der Waals surface area contributed by atoms with Gasteiger partial charge in [0.1, 0.15) is 0 Å². The van der Waals surface area contributed by atoms with E-state index in [1.807, 2.05) is 4.90 Å². The fraction of sp³-hybridized carbons (Fsp3) is 0.917. The van der Waals surface area contributed by atoms with Gasteiger partial charge in [0, 0.05) is 31.3 Å². The SMILES string of the molecule is CC(C)C[C@@H]1CN(C(=O)CCCl)CC[C@H]1O. The largest absolute Gasteiger partial charge is 0.393 e. The van der Waals surface area contributed by atoms with Gasteiger partial charge in [-0.3, -0.25) is 4.79 Å². The third kappa shape index (κ3) is 3.95. The number of carbonyl (C=O) groups is 1. The molecule has 0 unspecified atom stereocenters. The summed E-state index contributed by atoms with van der Waals surface area (Å²) in [4.78, 5) is 13.5. The maximum absolute atomic E-state index is 11.7. The molecule has 0 aromatic rings. The van der Waals surface area contributed by atoms with Gasteiger partial charge in [-0.15, -0.1) is 11.6 Å². The van der Waals surface area contributed by atoms with E-state index in [-0.39, 0.29) is 17.9 Å². The maximum atomic E-state index is 11.7. The number of halogens is 1. The molecule has 1 fully saturated rings. The first kappa shape index (κ1) is 13.8. The van der Waals surface area contributed by atoms with E-state index < -0.39 is 0 Å². The van der Waals surface area contributed by atoms with E-state index in [0.717, 1.165) is 6.42 Å². The summed E-state index contributed by atoms with van der Waals surface area (Å²) in [5, 5.41) is 9.88. The Labute approximate surface area is 103 Å². The molecule has 94 valence electrons. The Morgan fingerprint density at radius 3 is 2.81 bits per heavy atom. The first-order valence-electron chi connectivity index (χ1n) is 6.06. The number of carbonyl (C=O) groups excluding carboxylic acids is 1. The van der Waals surface area contributed by atoms with Crippen molar-refractivity contribution in [2.45, 2.75) is 39.2 Å². The van der Waals surface area contributed by atoms with E-state index in [2.05, 4.69) is 13.8 Å². The lowest BCUT2D eigenvalue weighted by atomic mass is 9.87. The average molecular weight is 248 g/mol. The summed E-state index contributed by atoms with van der Waals surface area (Å²) >= 11 is 5.57. The number of hydrogen-bond acceptors (Lipinski definition) is 2. The van der Waals surface area contributed by atoms with E-state index >= 15 is 0 Å². The van der Waals surface area contributed by atoms with Gasteiger partial charge in [0.2, 0.25) is 5.91 Å². The first-order valence-corrected chi connectivity index (χ1v) is 6.59. The van der Waals surface area contributed by atoms with Crippen molar-refractivity contribution in [1.29, 1.82) is 0 Å². The van der Waals surface area contributed by atoms with Crippen LogP contribution >= 0.6 is 11.6 Å². The summed E-state index contributed by atoms with van der Waals surface area (Å²) in [6.45, 7) is 5.65. The van der Waals surface area contributed by atoms with Crippen LogP contribution in [0, 0.1) is 11.8 Å². The number of amides is 1. The number of hydrogen-bond donors (Lipinski definition) is 1. The van der Waals surface area contributed by atoms with Gasteiger partial charge in [0.25, 0.3) is 0 Å². The van der Waals surface area contributed by atoms with E-state index in [9.17, 15) is 9.90 Å². The third-order valence-electron chi connectivity index (χ3n) is 3.13. The Balaban J connectivity index is 2.49. The van der Waals surface area contributed by atoms with Crippen LogP contribution in [-0.4, -0.2) is 41.0 Å². The van der Waals surface area contributed by atoms with Crippen molar-refractivity contribution in [3.63, 3.8) is 0 Å². The summed E-state index contributed by atoms with van der Waals surface area (Å²) in [5.41, 5.74) is 0. The number of nitrogens with zero attached hydrogens (tertiary/aromatic N) is 1. The molecule has 3 nitrogen and oxygen atoms in total. The minimum absolute atomic E-state index is 0.121. The Morgan fingerprint density at radius 1 is 1.56 bits per heavy atom. The molecule has 0 radical (unpaired) electrons. The summed E-state index contributed by atoms with van der Waals surface area (Å²) in [7, 11) is 0. The molecule has 16 heavy (non-hydrogen) atoms. The van der Waals surface area contributed by atoms with Crippen molar-refractivity contribution in [3.8, 4) is 0 Å². The molecule has 1 heterocycles. The predicted molar refractivity (Wildman–Crippen MR) is 65.5 cm³/mol. The minimum atomic E-state index is -0.248. The fourth-order valence-corrected chi connectivity index (χ4v) is 2.48. The van der Waals surface area contributed by atoms with Crippen molar-refractivity contribution in [1.82, 2.24) is 4.90 Å². The van der Waals surface area contributed by atoms with Gasteiger partial charge >= 0.3 is 0 Å². The molecule has 1 rings (SSSR count). The van der Waals surface area contributed by atoms with Gasteiger partial charge in [-0.2, -0.15) is 0 Å². The van der Waals surface area contributed by atoms with E-state index in [4.69, 9.17) is 11.6 Å². The molecule has 1 amide bonds. The van der Waals surface area contributed by atoms with Gasteiger partial charge in [0.05, 0.1) is 6.10 Å². The monoisotopic (exact) mass is 247 g/mol. The second-order valence-corrected chi connectivity index (χ2v) is 5.40. The normalized spacial score (nSPS) is 26.2. The lowest BCUT2D eigenvalue weighted by Gasteiger charge is -2.37. The molecular weight excluding hydrogens is 226 g/mol. The van der Waals surface area contributed by atoms with Gasteiger partial charge in [-0.1, -0.05) is 13.8 Å². The standard InChI is InChI=1S/C12H22ClNO2/c1-9(2)7-10-8-14(6-4-11(10)15)12(16)3-5-13/h9-11,15H,3-8H2,1-2H3/t10-,11-/m1/s1. The van der Waals surface area contributed by atoms with E-state index in [1.54, 1.807) is 0 Å². The zero-order valence-electron chi connectivity index (χ0n) is 10.2. The van der Waals surface area contributed by atoms with Crippen LogP contribution < -0.4 is 0 Å². The maximum Gasteiger partial charge on any atom is 0.223 e. The van der Waals surface area contributed by atoms with Crippen LogP contribution in [0.4, 0.5) is 0 Å². The van der Waals surface area contributed by atoms with E-state index in [1.165, 1.54) is 0 Å². The molecule has 1 aliphatic heterocycles. The van der Waals surface area contributed by atoms with Gasteiger partial charge in [-0.05, 0) is 18.8 Å². The molecular formula is C12H22ClNO2. The number of rotatable bonds is 4. The highest BCUT2D eigenvalue weighted by Crippen LogP contribution is 2.24. The first-order chi connectivity index (χ1) is 7.54. The van der Waals surface area contributed by atoms with Crippen molar-refractivity contribution >= 4 is 17.5 Å². The lowest BCUT2D eigenvalue weighted by molar-refractivity contribution is -0.134. The minimum Gasteiger partial charge on any atom is -0.393 e. The Kier molecular flexibility index (Phi) is 5.56. The third-order valence-corrected chi connectivity index (χ3v) is 3.32.